The minimum atomic E-state index is -3.45. The van der Waals surface area contributed by atoms with E-state index in [9.17, 15) is 13.2 Å². The second kappa shape index (κ2) is 16.9. The molecular formula is C35H53N2O5S+. The van der Waals surface area contributed by atoms with E-state index in [1.54, 1.807) is 18.2 Å². The van der Waals surface area contributed by atoms with E-state index in [0.717, 1.165) is 37.8 Å². The highest BCUT2D eigenvalue weighted by molar-refractivity contribution is 7.92. The summed E-state index contributed by atoms with van der Waals surface area (Å²) in [7, 11) is -3.45. The monoisotopic (exact) mass is 613 g/mol. The van der Waals surface area contributed by atoms with Crippen molar-refractivity contribution >= 4 is 32.5 Å². The Balaban J connectivity index is 1.73. The van der Waals surface area contributed by atoms with Crippen molar-refractivity contribution in [1.29, 1.82) is 0 Å². The highest BCUT2D eigenvalue weighted by Crippen LogP contribution is 2.32. The van der Waals surface area contributed by atoms with Crippen LogP contribution in [0.2, 0.25) is 0 Å². The molecule has 0 radical (unpaired) electrons. The zero-order chi connectivity index (χ0) is 31.3. The van der Waals surface area contributed by atoms with Crippen molar-refractivity contribution in [3.63, 3.8) is 0 Å². The van der Waals surface area contributed by atoms with Gasteiger partial charge < -0.3 is 13.6 Å². The Morgan fingerprint density at radius 1 is 0.814 bits per heavy atom. The van der Waals surface area contributed by atoms with E-state index in [4.69, 9.17) is 9.15 Å². The molecule has 1 heterocycles. The number of anilines is 1. The van der Waals surface area contributed by atoms with Gasteiger partial charge in [-0.05, 0) is 68.1 Å². The Labute approximate surface area is 259 Å². The molecule has 0 amide bonds. The molecule has 0 unspecified atom stereocenters. The number of benzene rings is 2. The number of ketones is 1. The molecule has 238 valence electrons. The Hall–Kier alpha value is -2.84. The number of nitrogens with one attached hydrogen (secondary N) is 1. The number of ether oxygens (including phenoxy) is 1. The van der Waals surface area contributed by atoms with Crippen LogP contribution < -0.4 is 9.46 Å². The maximum absolute atomic E-state index is 13.8. The predicted molar refractivity (Wildman–Crippen MR) is 178 cm³/mol. The van der Waals surface area contributed by atoms with Gasteiger partial charge in [0.2, 0.25) is 10.0 Å². The summed E-state index contributed by atoms with van der Waals surface area (Å²) in [6, 6.07) is 12.4. The van der Waals surface area contributed by atoms with Crippen molar-refractivity contribution in [2.45, 2.75) is 91.9 Å². The van der Waals surface area contributed by atoms with E-state index in [1.165, 1.54) is 62.6 Å². The third kappa shape index (κ3) is 10.4. The first-order chi connectivity index (χ1) is 20.6. The Bertz CT molecular complexity index is 1370. The Morgan fingerprint density at radius 3 is 1.95 bits per heavy atom. The van der Waals surface area contributed by atoms with Crippen molar-refractivity contribution in [3.05, 3.63) is 59.4 Å². The smallest absolute Gasteiger partial charge is 0.229 e. The number of nitrogens with zero attached hydrogens (tertiary/aromatic N) is 1. The first-order valence-corrected chi connectivity index (χ1v) is 18.2. The van der Waals surface area contributed by atoms with E-state index in [2.05, 4.69) is 32.4 Å². The van der Waals surface area contributed by atoms with E-state index in [-0.39, 0.29) is 5.78 Å². The maximum Gasteiger partial charge on any atom is 0.229 e. The molecule has 2 aromatic carbocycles. The van der Waals surface area contributed by atoms with Gasteiger partial charge in [0.15, 0.2) is 5.78 Å². The molecule has 3 rings (SSSR count). The topological polar surface area (TPSA) is 85.6 Å². The number of carbonyl (C=O) groups excluding carboxylic acids is 1. The van der Waals surface area contributed by atoms with Crippen LogP contribution in [-0.2, 0) is 16.4 Å². The standard InChI is InChI=1S/C35H53N2O5S/c1-6-10-15-33-34(31-27-29(36-43(5,39)40)18-21-32(31)42-33)35(38)28-16-19-30(20-17-28)41-26-14-25-37(22-11-7-2,23-12-8-3)24-13-9-4/h16-21,27,36H,6-15,22-26H2,1-5H3/q+1. The molecule has 7 nitrogen and oxygen atoms in total. The molecule has 0 fully saturated rings. The van der Waals surface area contributed by atoms with Gasteiger partial charge in [-0.15, -0.1) is 0 Å². The molecule has 0 saturated carbocycles. The van der Waals surface area contributed by atoms with E-state index in [1.807, 2.05) is 24.3 Å². The van der Waals surface area contributed by atoms with Gasteiger partial charge >= 0.3 is 0 Å². The van der Waals surface area contributed by atoms with Gasteiger partial charge in [-0.1, -0.05) is 53.4 Å². The molecule has 0 aliphatic carbocycles. The summed E-state index contributed by atoms with van der Waals surface area (Å²) < 4.78 is 39.6. The lowest BCUT2D eigenvalue weighted by atomic mass is 9.98. The summed E-state index contributed by atoms with van der Waals surface area (Å²) >= 11 is 0. The van der Waals surface area contributed by atoms with Crippen LogP contribution in [0.25, 0.3) is 11.0 Å². The highest BCUT2D eigenvalue weighted by atomic mass is 32.2. The maximum atomic E-state index is 13.8. The Morgan fingerprint density at radius 2 is 1.40 bits per heavy atom. The average Bonchev–Trinajstić information content (AvgIpc) is 3.35. The number of unbranched alkanes of at least 4 members (excludes halogenated alkanes) is 4. The normalized spacial score (nSPS) is 12.1. The molecule has 0 aliphatic heterocycles. The first-order valence-electron chi connectivity index (χ1n) is 16.3. The van der Waals surface area contributed by atoms with Crippen LogP contribution in [0, 0.1) is 0 Å². The number of hydrogen-bond acceptors (Lipinski definition) is 5. The number of hydrogen-bond donors (Lipinski definition) is 1. The molecule has 0 atom stereocenters. The fourth-order valence-electron chi connectivity index (χ4n) is 5.78. The van der Waals surface area contributed by atoms with Crippen LogP contribution in [0.5, 0.6) is 5.75 Å². The molecule has 3 aromatic rings. The van der Waals surface area contributed by atoms with Gasteiger partial charge in [0.1, 0.15) is 17.1 Å². The van der Waals surface area contributed by atoms with Gasteiger partial charge in [-0.3, -0.25) is 9.52 Å². The van der Waals surface area contributed by atoms with Crippen LogP contribution in [0.1, 0.15) is 107 Å². The molecule has 1 N–H and O–H groups in total. The summed E-state index contributed by atoms with van der Waals surface area (Å²) in [5.74, 6) is 1.25. The number of rotatable bonds is 21. The van der Waals surface area contributed by atoms with Gasteiger partial charge in [0, 0.05) is 29.5 Å². The van der Waals surface area contributed by atoms with E-state index in [0.29, 0.717) is 46.6 Å². The van der Waals surface area contributed by atoms with Gasteiger partial charge in [-0.2, -0.15) is 0 Å². The molecule has 1 aromatic heterocycles. The van der Waals surface area contributed by atoms with Gasteiger partial charge in [-0.25, -0.2) is 8.42 Å². The van der Waals surface area contributed by atoms with Crippen LogP contribution in [0.3, 0.4) is 0 Å². The SMILES string of the molecule is CCCCc1oc2ccc(NS(C)(=O)=O)cc2c1C(=O)c1ccc(OCCC[N+](CCCC)(CCCC)CCCC)cc1. The van der Waals surface area contributed by atoms with Crippen molar-refractivity contribution in [2.24, 2.45) is 0 Å². The summed E-state index contributed by atoms with van der Waals surface area (Å²) in [5, 5.41) is 0.612. The number of quaternary nitrogens is 1. The number of fused-ring (bicyclic) bond motifs is 1. The molecule has 0 aliphatic rings. The molecule has 8 heteroatoms. The Kier molecular flexibility index (Phi) is 13.6. The number of carbonyl (C=O) groups is 1. The summed E-state index contributed by atoms with van der Waals surface area (Å²) in [6.07, 6.45) is 12.1. The lowest BCUT2D eigenvalue weighted by molar-refractivity contribution is -0.929. The number of furan rings is 1. The minimum absolute atomic E-state index is 0.141. The predicted octanol–water partition coefficient (Wildman–Crippen LogP) is 8.36. The number of sulfonamides is 1. The quantitative estimate of drug-likeness (QED) is 0.0741. The van der Waals surface area contributed by atoms with Crippen molar-refractivity contribution in [3.8, 4) is 5.75 Å². The molecule has 0 bridgehead atoms. The summed E-state index contributed by atoms with van der Waals surface area (Å²) in [4.78, 5) is 13.8. The average molecular weight is 614 g/mol. The molecule has 43 heavy (non-hydrogen) atoms. The van der Waals surface area contributed by atoms with Crippen LogP contribution >= 0.6 is 0 Å². The van der Waals surface area contributed by atoms with Crippen molar-refractivity contribution < 1.29 is 26.8 Å². The minimum Gasteiger partial charge on any atom is -0.493 e. The second-order valence-electron chi connectivity index (χ2n) is 11.9. The van der Waals surface area contributed by atoms with Crippen LogP contribution in [-0.4, -0.2) is 57.7 Å². The number of aryl methyl sites for hydroxylation is 1. The van der Waals surface area contributed by atoms with Crippen molar-refractivity contribution in [2.75, 3.05) is 43.8 Å². The van der Waals surface area contributed by atoms with Crippen LogP contribution in [0.4, 0.5) is 5.69 Å². The van der Waals surface area contributed by atoms with E-state index < -0.39 is 10.0 Å². The second-order valence-corrected chi connectivity index (χ2v) is 13.7. The van der Waals surface area contributed by atoms with Gasteiger partial charge in [0.25, 0.3) is 0 Å². The van der Waals surface area contributed by atoms with Gasteiger partial charge in [0.05, 0.1) is 44.6 Å². The third-order valence-corrected chi connectivity index (χ3v) is 8.78. The fraction of sp³-hybridized carbons (Fsp3) is 0.571. The highest BCUT2D eigenvalue weighted by Gasteiger charge is 2.26. The zero-order valence-corrected chi connectivity index (χ0v) is 27.9. The fourth-order valence-corrected chi connectivity index (χ4v) is 6.33. The van der Waals surface area contributed by atoms with Crippen LogP contribution in [0.15, 0.2) is 46.9 Å². The van der Waals surface area contributed by atoms with E-state index >= 15 is 0 Å². The lowest BCUT2D eigenvalue weighted by Crippen LogP contribution is -2.51. The molecule has 0 saturated heterocycles. The zero-order valence-electron chi connectivity index (χ0n) is 27.0. The summed E-state index contributed by atoms with van der Waals surface area (Å²) in [5.41, 5.74) is 2.01. The molecular weight excluding hydrogens is 560 g/mol. The molecule has 0 spiro atoms. The largest absolute Gasteiger partial charge is 0.493 e. The summed E-state index contributed by atoms with van der Waals surface area (Å²) in [6.45, 7) is 14.5. The lowest BCUT2D eigenvalue weighted by Gasteiger charge is -2.39. The van der Waals surface area contributed by atoms with Crippen molar-refractivity contribution in [1.82, 2.24) is 0 Å². The third-order valence-electron chi connectivity index (χ3n) is 8.17. The first kappa shape index (κ1) is 34.6.